The molecule has 0 unspecified atom stereocenters. The highest BCUT2D eigenvalue weighted by atomic mass is 32.2. The lowest BCUT2D eigenvalue weighted by Gasteiger charge is -2.18. The Morgan fingerprint density at radius 1 is 1.14 bits per heavy atom. The van der Waals surface area contributed by atoms with E-state index in [4.69, 9.17) is 12.2 Å². The zero-order valence-electron chi connectivity index (χ0n) is 15.8. The Morgan fingerprint density at radius 3 is 2.45 bits per heavy atom. The van der Waals surface area contributed by atoms with Crippen LogP contribution in [0.2, 0.25) is 0 Å². The Bertz CT molecular complexity index is 901. The summed E-state index contributed by atoms with van der Waals surface area (Å²) >= 11 is 6.56. The monoisotopic (exact) mass is 426 g/mol. The van der Waals surface area contributed by atoms with Gasteiger partial charge in [-0.2, -0.15) is 0 Å². The van der Waals surface area contributed by atoms with Crippen molar-refractivity contribution in [3.8, 4) is 0 Å². The molecular formula is C22H22N2O3S2. The molecule has 0 radical (unpaired) electrons. The molecule has 2 aromatic rings. The second-order valence-electron chi connectivity index (χ2n) is 6.63. The SMILES string of the molecule is O=C(CCN1C(=O)C(=Cc2ccccc2)SC1=S)N[C@@H](CO)Cc1ccccc1. The summed E-state index contributed by atoms with van der Waals surface area (Å²) in [6.07, 6.45) is 2.47. The van der Waals surface area contributed by atoms with Gasteiger partial charge >= 0.3 is 0 Å². The fraction of sp³-hybridized carbons (Fsp3) is 0.227. The van der Waals surface area contributed by atoms with E-state index in [2.05, 4.69) is 5.32 Å². The second-order valence-corrected chi connectivity index (χ2v) is 8.31. The zero-order valence-corrected chi connectivity index (χ0v) is 17.4. The number of nitrogens with zero attached hydrogens (tertiary/aromatic N) is 1. The van der Waals surface area contributed by atoms with Crippen LogP contribution in [0.1, 0.15) is 17.5 Å². The summed E-state index contributed by atoms with van der Waals surface area (Å²) in [5.41, 5.74) is 1.97. The van der Waals surface area contributed by atoms with Gasteiger partial charge in [0.25, 0.3) is 5.91 Å². The number of carbonyl (C=O) groups excluding carboxylic acids is 2. The van der Waals surface area contributed by atoms with E-state index in [-0.39, 0.29) is 37.4 Å². The summed E-state index contributed by atoms with van der Waals surface area (Å²) < 4.78 is 0.452. The maximum Gasteiger partial charge on any atom is 0.266 e. The first-order chi connectivity index (χ1) is 14.1. The standard InChI is InChI=1S/C22H22N2O3S2/c25-15-18(13-16-7-3-1-4-8-16)23-20(26)11-12-24-21(27)19(29-22(24)28)14-17-9-5-2-6-10-17/h1-10,14,18,25H,11-13,15H2,(H,23,26)/t18-/m1/s1. The van der Waals surface area contributed by atoms with Crippen LogP contribution in [0.4, 0.5) is 0 Å². The summed E-state index contributed by atoms with van der Waals surface area (Å²) in [6, 6.07) is 18.9. The topological polar surface area (TPSA) is 69.6 Å². The minimum atomic E-state index is -0.367. The normalized spacial score (nSPS) is 16.3. The lowest BCUT2D eigenvalue weighted by atomic mass is 10.1. The molecular weight excluding hydrogens is 404 g/mol. The van der Waals surface area contributed by atoms with Crippen molar-refractivity contribution in [2.45, 2.75) is 18.9 Å². The summed E-state index contributed by atoms with van der Waals surface area (Å²) in [5.74, 6) is -0.402. The summed E-state index contributed by atoms with van der Waals surface area (Å²) in [6.45, 7) is 0.0631. The van der Waals surface area contributed by atoms with Crippen LogP contribution < -0.4 is 5.32 Å². The van der Waals surface area contributed by atoms with Crippen molar-refractivity contribution in [3.63, 3.8) is 0 Å². The third-order valence-electron chi connectivity index (χ3n) is 4.44. The molecule has 150 valence electrons. The Balaban J connectivity index is 1.53. The molecule has 0 aromatic heterocycles. The van der Waals surface area contributed by atoms with E-state index in [1.54, 1.807) is 6.08 Å². The third-order valence-corrected chi connectivity index (χ3v) is 5.82. The number of benzene rings is 2. The van der Waals surface area contributed by atoms with E-state index in [0.29, 0.717) is 15.6 Å². The van der Waals surface area contributed by atoms with Crippen LogP contribution in [0.5, 0.6) is 0 Å². The smallest absolute Gasteiger partial charge is 0.266 e. The zero-order chi connectivity index (χ0) is 20.6. The van der Waals surface area contributed by atoms with Gasteiger partial charge in [0.05, 0.1) is 17.6 Å². The highest BCUT2D eigenvalue weighted by Gasteiger charge is 2.32. The van der Waals surface area contributed by atoms with Gasteiger partial charge in [-0.1, -0.05) is 84.6 Å². The van der Waals surface area contributed by atoms with E-state index in [9.17, 15) is 14.7 Å². The van der Waals surface area contributed by atoms with Crippen molar-refractivity contribution in [2.24, 2.45) is 0 Å². The van der Waals surface area contributed by atoms with Crippen LogP contribution in [0.15, 0.2) is 65.6 Å². The van der Waals surface area contributed by atoms with E-state index in [0.717, 1.165) is 11.1 Å². The average Bonchev–Trinajstić information content (AvgIpc) is 3.00. The van der Waals surface area contributed by atoms with Crippen LogP contribution in [0.3, 0.4) is 0 Å². The van der Waals surface area contributed by atoms with Crippen LogP contribution in [0, 0.1) is 0 Å². The first-order valence-corrected chi connectivity index (χ1v) is 10.5. The maximum atomic E-state index is 12.6. The maximum absolute atomic E-state index is 12.6. The van der Waals surface area contributed by atoms with Gasteiger partial charge in [0.1, 0.15) is 4.32 Å². The molecule has 2 aromatic carbocycles. The van der Waals surface area contributed by atoms with Gasteiger partial charge in [-0.25, -0.2) is 0 Å². The fourth-order valence-corrected chi connectivity index (χ4v) is 4.28. The van der Waals surface area contributed by atoms with Crippen LogP contribution in [0.25, 0.3) is 6.08 Å². The van der Waals surface area contributed by atoms with Crippen LogP contribution in [-0.4, -0.2) is 45.3 Å². The van der Waals surface area contributed by atoms with Gasteiger partial charge in [-0.3, -0.25) is 14.5 Å². The molecule has 0 aliphatic carbocycles. The van der Waals surface area contributed by atoms with E-state index < -0.39 is 0 Å². The van der Waals surface area contributed by atoms with Crippen molar-refractivity contribution in [1.29, 1.82) is 0 Å². The molecule has 2 N–H and O–H groups in total. The molecule has 2 amide bonds. The Morgan fingerprint density at radius 2 is 1.79 bits per heavy atom. The summed E-state index contributed by atoms with van der Waals surface area (Å²) in [4.78, 5) is 27.0. The Hall–Kier alpha value is -2.48. The predicted octanol–water partition coefficient (Wildman–Crippen LogP) is 3.00. The van der Waals surface area contributed by atoms with Gasteiger partial charge < -0.3 is 10.4 Å². The molecule has 1 atom stereocenters. The lowest BCUT2D eigenvalue weighted by Crippen LogP contribution is -2.41. The number of nitrogens with one attached hydrogen (secondary N) is 1. The highest BCUT2D eigenvalue weighted by molar-refractivity contribution is 8.26. The number of aliphatic hydroxyl groups excluding tert-OH is 1. The van der Waals surface area contributed by atoms with E-state index in [1.165, 1.54) is 16.7 Å². The highest BCUT2D eigenvalue weighted by Crippen LogP contribution is 2.32. The molecule has 1 aliphatic rings. The van der Waals surface area contributed by atoms with Gasteiger partial charge in [-0.15, -0.1) is 0 Å². The quantitative estimate of drug-likeness (QED) is 0.502. The van der Waals surface area contributed by atoms with Crippen molar-refractivity contribution in [1.82, 2.24) is 10.2 Å². The molecule has 1 saturated heterocycles. The van der Waals surface area contributed by atoms with Gasteiger partial charge in [0.2, 0.25) is 5.91 Å². The molecule has 1 aliphatic heterocycles. The first-order valence-electron chi connectivity index (χ1n) is 9.31. The number of carbonyl (C=O) groups is 2. The molecule has 29 heavy (non-hydrogen) atoms. The Kier molecular flexibility index (Phi) is 7.57. The van der Waals surface area contributed by atoms with Crippen molar-refractivity contribution in [2.75, 3.05) is 13.2 Å². The predicted molar refractivity (Wildman–Crippen MR) is 120 cm³/mol. The summed E-state index contributed by atoms with van der Waals surface area (Å²) in [7, 11) is 0. The third kappa shape index (κ3) is 6.00. The molecule has 1 fully saturated rings. The summed E-state index contributed by atoms with van der Waals surface area (Å²) in [5, 5.41) is 12.4. The molecule has 0 bridgehead atoms. The number of hydrogen-bond donors (Lipinski definition) is 2. The minimum Gasteiger partial charge on any atom is -0.394 e. The number of thiocarbonyl (C=S) groups is 1. The number of rotatable bonds is 8. The van der Waals surface area contributed by atoms with E-state index in [1.807, 2.05) is 60.7 Å². The van der Waals surface area contributed by atoms with Gasteiger partial charge in [0, 0.05) is 13.0 Å². The number of thioether (sulfide) groups is 1. The van der Waals surface area contributed by atoms with Crippen LogP contribution in [-0.2, 0) is 16.0 Å². The number of aliphatic hydroxyl groups is 1. The van der Waals surface area contributed by atoms with Crippen LogP contribution >= 0.6 is 24.0 Å². The van der Waals surface area contributed by atoms with Gasteiger partial charge in [-0.05, 0) is 23.6 Å². The first kappa shape index (κ1) is 21.2. The molecule has 3 rings (SSSR count). The minimum absolute atomic E-state index is 0.121. The van der Waals surface area contributed by atoms with Gasteiger partial charge in [0.15, 0.2) is 0 Å². The van der Waals surface area contributed by atoms with E-state index >= 15 is 0 Å². The fourth-order valence-electron chi connectivity index (χ4n) is 2.97. The molecule has 7 heteroatoms. The molecule has 5 nitrogen and oxygen atoms in total. The van der Waals surface area contributed by atoms with Crippen molar-refractivity contribution in [3.05, 3.63) is 76.7 Å². The molecule has 1 heterocycles. The Labute approximate surface area is 179 Å². The number of amides is 2. The molecule has 0 spiro atoms. The van der Waals surface area contributed by atoms with Crippen molar-refractivity contribution < 1.29 is 14.7 Å². The lowest BCUT2D eigenvalue weighted by molar-refractivity contribution is -0.124. The average molecular weight is 427 g/mol. The second kappa shape index (κ2) is 10.3. The number of hydrogen-bond acceptors (Lipinski definition) is 5. The largest absolute Gasteiger partial charge is 0.394 e. The van der Waals surface area contributed by atoms with Crippen molar-refractivity contribution >= 4 is 46.2 Å². The molecule has 0 saturated carbocycles.